The SMILES string of the molecule is CNCC(O)c1cn(C2=CC3CN(C2)C(=O)N3OS(=O)(=O)O)nn1. The van der Waals surface area contributed by atoms with E-state index >= 15 is 0 Å². The summed E-state index contributed by atoms with van der Waals surface area (Å²) in [6, 6.07) is -1.38. The maximum absolute atomic E-state index is 12.1. The van der Waals surface area contributed by atoms with Gasteiger partial charge in [-0.1, -0.05) is 5.21 Å². The second kappa shape index (κ2) is 6.10. The molecular formula is C11H16N6O6S. The molecule has 24 heavy (non-hydrogen) atoms. The molecule has 1 saturated heterocycles. The average molecular weight is 360 g/mol. The van der Waals surface area contributed by atoms with Crippen molar-refractivity contribution in [3.05, 3.63) is 18.0 Å². The molecule has 0 radical (unpaired) electrons. The fourth-order valence-corrected chi connectivity index (χ4v) is 2.96. The van der Waals surface area contributed by atoms with Crippen molar-refractivity contribution in [1.82, 2.24) is 30.3 Å². The van der Waals surface area contributed by atoms with Gasteiger partial charge in [-0.25, -0.2) is 9.48 Å². The lowest BCUT2D eigenvalue weighted by Gasteiger charge is -2.20. The monoisotopic (exact) mass is 360 g/mol. The Morgan fingerprint density at radius 3 is 2.96 bits per heavy atom. The molecule has 0 spiro atoms. The van der Waals surface area contributed by atoms with Crippen LogP contribution in [0.2, 0.25) is 0 Å². The Labute approximate surface area is 137 Å². The van der Waals surface area contributed by atoms with Gasteiger partial charge in [-0.15, -0.1) is 9.38 Å². The number of urea groups is 1. The highest BCUT2D eigenvalue weighted by molar-refractivity contribution is 7.80. The normalized spacial score (nSPS) is 22.0. The first-order chi connectivity index (χ1) is 11.3. The number of aromatic nitrogens is 3. The molecule has 13 heteroatoms. The number of amides is 2. The quantitative estimate of drug-likeness (QED) is 0.500. The van der Waals surface area contributed by atoms with Gasteiger partial charge < -0.3 is 15.3 Å². The molecule has 2 aliphatic rings. The van der Waals surface area contributed by atoms with Crippen molar-refractivity contribution in [3.8, 4) is 0 Å². The zero-order valence-electron chi connectivity index (χ0n) is 12.6. The number of likely N-dealkylation sites (N-methyl/N-ethyl adjacent to an activating group) is 1. The third-order valence-corrected chi connectivity index (χ3v) is 3.97. The number of aliphatic hydroxyl groups is 1. The summed E-state index contributed by atoms with van der Waals surface area (Å²) in [6.45, 7) is 0.689. The molecule has 1 fully saturated rings. The Morgan fingerprint density at radius 1 is 1.54 bits per heavy atom. The fraction of sp³-hybridized carbons (Fsp3) is 0.545. The molecule has 3 rings (SSSR count). The Bertz CT molecular complexity index is 776. The summed E-state index contributed by atoms with van der Waals surface area (Å²) in [5.41, 5.74) is 0.923. The minimum absolute atomic E-state index is 0.158. The van der Waals surface area contributed by atoms with E-state index in [4.69, 9.17) is 4.55 Å². The second-order valence-corrected chi connectivity index (χ2v) is 6.38. The van der Waals surface area contributed by atoms with Crippen LogP contribution in [0.3, 0.4) is 0 Å². The van der Waals surface area contributed by atoms with Crippen molar-refractivity contribution in [2.75, 3.05) is 26.7 Å². The highest BCUT2D eigenvalue weighted by Gasteiger charge is 2.43. The number of carbonyl (C=O) groups excluding carboxylic acids is 1. The van der Waals surface area contributed by atoms with E-state index in [0.717, 1.165) is 0 Å². The minimum atomic E-state index is -4.80. The van der Waals surface area contributed by atoms with Gasteiger partial charge in [-0.3, -0.25) is 4.55 Å². The van der Waals surface area contributed by atoms with Crippen LogP contribution in [0.25, 0.3) is 5.70 Å². The molecule has 3 N–H and O–H groups in total. The van der Waals surface area contributed by atoms with E-state index in [-0.39, 0.29) is 13.1 Å². The van der Waals surface area contributed by atoms with Crippen molar-refractivity contribution < 1.29 is 27.2 Å². The summed E-state index contributed by atoms with van der Waals surface area (Å²) < 4.78 is 36.2. The fourth-order valence-electron chi connectivity index (χ4n) is 2.59. The van der Waals surface area contributed by atoms with E-state index in [1.54, 1.807) is 13.1 Å². The van der Waals surface area contributed by atoms with Gasteiger partial charge in [0.1, 0.15) is 17.8 Å². The van der Waals surface area contributed by atoms with Gasteiger partial charge in [0.2, 0.25) is 0 Å². The van der Waals surface area contributed by atoms with Gasteiger partial charge in [0.15, 0.2) is 0 Å². The summed E-state index contributed by atoms with van der Waals surface area (Å²) in [6.07, 6.45) is 2.29. The Kier molecular flexibility index (Phi) is 4.27. The van der Waals surface area contributed by atoms with Gasteiger partial charge in [0.25, 0.3) is 0 Å². The van der Waals surface area contributed by atoms with Crippen LogP contribution in [0.1, 0.15) is 11.8 Å². The highest BCUT2D eigenvalue weighted by Crippen LogP contribution is 2.27. The van der Waals surface area contributed by atoms with Gasteiger partial charge in [0.05, 0.1) is 18.4 Å². The molecule has 1 aromatic rings. The number of carbonyl (C=O) groups is 1. The standard InChI is InChI=1S/C11H16N6O6S/c1-12-3-10(18)9-6-16(14-13-9)7-2-8-5-15(4-7)11(19)17(8)23-24(20,21)22/h2,6,8,10,12,18H,3-5H2,1H3,(H,20,21,22). The largest absolute Gasteiger partial charge is 0.418 e. The van der Waals surface area contributed by atoms with Crippen LogP contribution in [0.5, 0.6) is 0 Å². The third kappa shape index (κ3) is 3.25. The maximum Gasteiger partial charge on any atom is 0.418 e. The lowest BCUT2D eigenvalue weighted by molar-refractivity contribution is -0.0183. The van der Waals surface area contributed by atoms with Crippen molar-refractivity contribution >= 4 is 22.1 Å². The van der Waals surface area contributed by atoms with Gasteiger partial charge in [0, 0.05) is 13.1 Å². The van der Waals surface area contributed by atoms with Crippen molar-refractivity contribution in [1.29, 1.82) is 0 Å². The van der Waals surface area contributed by atoms with Crippen LogP contribution < -0.4 is 5.32 Å². The molecule has 132 valence electrons. The maximum atomic E-state index is 12.1. The average Bonchev–Trinajstić information content (AvgIpc) is 3.07. The number of hydroxylamine groups is 2. The molecule has 1 aromatic heterocycles. The summed E-state index contributed by atoms with van der Waals surface area (Å²) in [5.74, 6) is 0. The number of fused-ring (bicyclic) bond motifs is 2. The van der Waals surface area contributed by atoms with Gasteiger partial charge >= 0.3 is 16.4 Å². The Morgan fingerprint density at radius 2 is 2.29 bits per heavy atom. The first-order valence-corrected chi connectivity index (χ1v) is 8.36. The smallest absolute Gasteiger partial charge is 0.385 e. The first kappa shape index (κ1) is 16.8. The number of nitrogens with zero attached hydrogens (tertiary/aromatic N) is 5. The topological polar surface area (TPSA) is 150 Å². The number of aliphatic hydroxyl groups excluding tert-OH is 1. The molecule has 0 aliphatic carbocycles. The first-order valence-electron chi connectivity index (χ1n) is 6.99. The van der Waals surface area contributed by atoms with E-state index < -0.39 is 28.6 Å². The van der Waals surface area contributed by atoms with Crippen LogP contribution in [0, 0.1) is 0 Å². The molecule has 12 nitrogen and oxygen atoms in total. The van der Waals surface area contributed by atoms with Crippen molar-refractivity contribution in [3.63, 3.8) is 0 Å². The zero-order valence-corrected chi connectivity index (χ0v) is 13.4. The summed E-state index contributed by atoms with van der Waals surface area (Å²) in [7, 11) is -3.11. The number of rotatable bonds is 6. The summed E-state index contributed by atoms with van der Waals surface area (Å²) >= 11 is 0. The Hall–Kier alpha value is -2.06. The van der Waals surface area contributed by atoms with E-state index in [2.05, 4.69) is 19.9 Å². The van der Waals surface area contributed by atoms with Crippen LogP contribution >= 0.6 is 0 Å². The summed E-state index contributed by atoms with van der Waals surface area (Å²) in [5, 5.41) is 21.1. The minimum Gasteiger partial charge on any atom is -0.385 e. The third-order valence-electron chi connectivity index (χ3n) is 3.62. The Balaban J connectivity index is 1.82. The molecule has 2 amide bonds. The van der Waals surface area contributed by atoms with Gasteiger partial charge in [-0.2, -0.15) is 13.5 Å². The second-order valence-electron chi connectivity index (χ2n) is 5.38. The van der Waals surface area contributed by atoms with Crippen molar-refractivity contribution in [2.24, 2.45) is 0 Å². The molecule has 2 atom stereocenters. The molecular weight excluding hydrogens is 344 g/mol. The molecule has 0 aromatic carbocycles. The summed E-state index contributed by atoms with van der Waals surface area (Å²) in [4.78, 5) is 13.4. The van der Waals surface area contributed by atoms with Crippen molar-refractivity contribution in [2.45, 2.75) is 12.1 Å². The van der Waals surface area contributed by atoms with E-state index in [9.17, 15) is 18.3 Å². The zero-order chi connectivity index (χ0) is 17.5. The lowest BCUT2D eigenvalue weighted by Crippen LogP contribution is -2.35. The van der Waals surface area contributed by atoms with E-state index in [1.807, 2.05) is 0 Å². The van der Waals surface area contributed by atoms with E-state index in [0.29, 0.717) is 23.0 Å². The molecule has 2 aliphatic heterocycles. The van der Waals surface area contributed by atoms with Crippen LogP contribution in [-0.4, -0.2) is 81.8 Å². The molecule has 0 saturated carbocycles. The predicted octanol–water partition coefficient (Wildman–Crippen LogP) is -1.77. The highest BCUT2D eigenvalue weighted by atomic mass is 32.3. The molecule has 2 bridgehead atoms. The van der Waals surface area contributed by atoms with Crippen LogP contribution in [-0.2, 0) is 14.7 Å². The molecule has 2 unspecified atom stereocenters. The lowest BCUT2D eigenvalue weighted by atomic mass is 10.2. The number of hydrogen-bond acceptors (Lipinski definition) is 8. The number of nitrogens with one attached hydrogen (secondary N) is 1. The molecule has 3 heterocycles. The van der Waals surface area contributed by atoms with Gasteiger partial charge in [-0.05, 0) is 13.1 Å². The predicted molar refractivity (Wildman–Crippen MR) is 78.4 cm³/mol. The number of hydrogen-bond donors (Lipinski definition) is 3. The van der Waals surface area contributed by atoms with Crippen LogP contribution in [0.4, 0.5) is 4.79 Å². The van der Waals surface area contributed by atoms with Crippen LogP contribution in [0.15, 0.2) is 12.3 Å². The van der Waals surface area contributed by atoms with E-state index in [1.165, 1.54) is 15.8 Å².